The monoisotopic (exact) mass is 319 g/mol. The zero-order valence-electron chi connectivity index (χ0n) is 10.1. The van der Waals surface area contributed by atoms with Crippen LogP contribution in [0.1, 0.15) is 0 Å². The van der Waals surface area contributed by atoms with Gasteiger partial charge in [0.2, 0.25) is 5.95 Å². The van der Waals surface area contributed by atoms with Gasteiger partial charge in [-0.1, -0.05) is 0 Å². The van der Waals surface area contributed by atoms with Crippen molar-refractivity contribution in [2.24, 2.45) is 5.84 Å². The van der Waals surface area contributed by atoms with E-state index in [-0.39, 0.29) is 12.0 Å². The van der Waals surface area contributed by atoms with Gasteiger partial charge in [0.25, 0.3) is 10.0 Å². The molecule has 0 bridgehead atoms. The molecular formula is C10H8F3N5O2S. The number of hydrogen-bond acceptors (Lipinski definition) is 6. The van der Waals surface area contributed by atoms with E-state index in [2.05, 4.69) is 15.4 Å². The molecule has 0 saturated heterocycles. The van der Waals surface area contributed by atoms with Gasteiger partial charge in [-0.3, -0.25) is 10.1 Å². The zero-order chi connectivity index (χ0) is 15.6. The summed E-state index contributed by atoms with van der Waals surface area (Å²) in [6.07, 6.45) is 1.77. The number of nitrogens with zero attached hydrogens (tertiary/aromatic N) is 2. The normalized spacial score (nSPS) is 11.2. The van der Waals surface area contributed by atoms with Crippen molar-refractivity contribution in [1.29, 1.82) is 0 Å². The second-order valence-corrected chi connectivity index (χ2v) is 5.42. The number of halogens is 3. The summed E-state index contributed by atoms with van der Waals surface area (Å²) in [5.41, 5.74) is 1.22. The second kappa shape index (κ2) is 5.54. The van der Waals surface area contributed by atoms with Crippen LogP contribution in [-0.4, -0.2) is 18.4 Å². The van der Waals surface area contributed by atoms with Crippen molar-refractivity contribution in [1.82, 2.24) is 9.97 Å². The smallest absolute Gasteiger partial charge is 0.265 e. The van der Waals surface area contributed by atoms with Gasteiger partial charge in [0, 0.05) is 12.1 Å². The highest BCUT2D eigenvalue weighted by atomic mass is 32.2. The number of anilines is 2. The van der Waals surface area contributed by atoms with Crippen LogP contribution < -0.4 is 16.0 Å². The first-order chi connectivity index (χ1) is 9.83. The summed E-state index contributed by atoms with van der Waals surface area (Å²) in [5, 5.41) is 0. The molecule has 0 saturated carbocycles. The number of nitrogens with two attached hydrogens (primary N) is 1. The molecular weight excluding hydrogens is 311 g/mol. The minimum absolute atomic E-state index is 0.0445. The van der Waals surface area contributed by atoms with Crippen LogP contribution in [0.15, 0.2) is 29.4 Å². The standard InChI is InChI=1S/C10H8F3N5O2S/c11-5-1-7(12)9(13)8(2-5)18-21(19,20)6-3-15-10(17-14)16-4-6/h1-4,18H,14H2,(H,15,16,17). The Morgan fingerprint density at radius 3 is 2.29 bits per heavy atom. The Morgan fingerprint density at radius 1 is 1.10 bits per heavy atom. The van der Waals surface area contributed by atoms with E-state index in [0.717, 1.165) is 12.4 Å². The Balaban J connectivity index is 2.37. The summed E-state index contributed by atoms with van der Waals surface area (Å²) in [6, 6.07) is 0.796. The lowest BCUT2D eigenvalue weighted by Gasteiger charge is -2.09. The van der Waals surface area contributed by atoms with Crippen molar-refractivity contribution in [3.8, 4) is 0 Å². The fourth-order valence-electron chi connectivity index (χ4n) is 1.36. The molecule has 0 aliphatic rings. The fourth-order valence-corrected chi connectivity index (χ4v) is 2.30. The Morgan fingerprint density at radius 2 is 1.71 bits per heavy atom. The van der Waals surface area contributed by atoms with Gasteiger partial charge in [0.05, 0.1) is 18.1 Å². The Kier molecular flexibility index (Phi) is 3.95. The zero-order valence-corrected chi connectivity index (χ0v) is 11.0. The molecule has 2 rings (SSSR count). The minimum atomic E-state index is -4.31. The van der Waals surface area contributed by atoms with Crippen LogP contribution in [0.2, 0.25) is 0 Å². The van der Waals surface area contributed by atoms with Crippen LogP contribution >= 0.6 is 0 Å². The summed E-state index contributed by atoms with van der Waals surface area (Å²) in [4.78, 5) is 6.67. The molecule has 0 aliphatic heterocycles. The first kappa shape index (κ1) is 15.0. The Hall–Kier alpha value is -2.40. The minimum Gasteiger partial charge on any atom is -0.292 e. The third-order valence-corrected chi connectivity index (χ3v) is 3.62. The molecule has 1 aromatic carbocycles. The predicted octanol–water partition coefficient (Wildman–Crippen LogP) is 0.980. The van der Waals surface area contributed by atoms with Crippen LogP contribution in [0.5, 0.6) is 0 Å². The number of hydrazine groups is 1. The van der Waals surface area contributed by atoms with Gasteiger partial charge in [0.15, 0.2) is 11.6 Å². The topological polar surface area (TPSA) is 110 Å². The Labute approximate surface area is 117 Å². The number of nitrogens with one attached hydrogen (secondary N) is 2. The third-order valence-electron chi connectivity index (χ3n) is 2.30. The molecule has 1 aromatic heterocycles. The van der Waals surface area contributed by atoms with E-state index < -0.39 is 38.1 Å². The molecule has 112 valence electrons. The molecule has 0 fully saturated rings. The average Bonchev–Trinajstić information content (AvgIpc) is 2.44. The molecule has 0 atom stereocenters. The number of sulfonamides is 1. The molecule has 1 heterocycles. The van der Waals surface area contributed by atoms with Gasteiger partial charge in [-0.25, -0.2) is 37.4 Å². The van der Waals surface area contributed by atoms with Crippen molar-refractivity contribution in [2.75, 3.05) is 10.1 Å². The summed E-state index contributed by atoms with van der Waals surface area (Å²) < 4.78 is 65.0. The first-order valence-electron chi connectivity index (χ1n) is 5.29. The SMILES string of the molecule is NNc1ncc(S(=O)(=O)Nc2cc(F)cc(F)c2F)cn1. The van der Waals surface area contributed by atoms with Crippen LogP contribution in [0.25, 0.3) is 0 Å². The van der Waals surface area contributed by atoms with Gasteiger partial charge < -0.3 is 0 Å². The maximum absolute atomic E-state index is 13.4. The van der Waals surface area contributed by atoms with Gasteiger partial charge in [-0.15, -0.1) is 0 Å². The van der Waals surface area contributed by atoms with Crippen molar-refractivity contribution in [2.45, 2.75) is 4.90 Å². The van der Waals surface area contributed by atoms with Gasteiger partial charge in [-0.2, -0.15) is 0 Å². The average molecular weight is 319 g/mol. The van der Waals surface area contributed by atoms with E-state index in [9.17, 15) is 21.6 Å². The molecule has 4 N–H and O–H groups in total. The molecule has 0 unspecified atom stereocenters. The number of aromatic nitrogens is 2. The number of benzene rings is 1. The molecule has 0 radical (unpaired) electrons. The van der Waals surface area contributed by atoms with Crippen molar-refractivity contribution in [3.05, 3.63) is 42.0 Å². The fraction of sp³-hybridized carbons (Fsp3) is 0. The summed E-state index contributed by atoms with van der Waals surface area (Å²) in [6.45, 7) is 0. The summed E-state index contributed by atoms with van der Waals surface area (Å²) >= 11 is 0. The van der Waals surface area contributed by atoms with Crippen LogP contribution in [0.4, 0.5) is 24.8 Å². The van der Waals surface area contributed by atoms with E-state index in [0.29, 0.717) is 6.07 Å². The van der Waals surface area contributed by atoms with Gasteiger partial charge >= 0.3 is 0 Å². The highest BCUT2D eigenvalue weighted by molar-refractivity contribution is 7.92. The highest BCUT2D eigenvalue weighted by Gasteiger charge is 2.20. The maximum atomic E-state index is 13.4. The predicted molar refractivity (Wildman–Crippen MR) is 67.0 cm³/mol. The van der Waals surface area contributed by atoms with E-state index in [4.69, 9.17) is 5.84 Å². The van der Waals surface area contributed by atoms with Crippen molar-refractivity contribution in [3.63, 3.8) is 0 Å². The number of hydrogen-bond donors (Lipinski definition) is 3. The largest absolute Gasteiger partial charge is 0.292 e. The lowest BCUT2D eigenvalue weighted by atomic mass is 10.3. The van der Waals surface area contributed by atoms with E-state index in [1.165, 1.54) is 0 Å². The van der Waals surface area contributed by atoms with Crippen LogP contribution in [0.3, 0.4) is 0 Å². The van der Waals surface area contributed by atoms with E-state index >= 15 is 0 Å². The summed E-state index contributed by atoms with van der Waals surface area (Å²) in [5.74, 6) is 0.786. The number of nitrogen functional groups attached to an aromatic ring is 1. The molecule has 7 nitrogen and oxygen atoms in total. The molecule has 2 aromatic rings. The highest BCUT2D eigenvalue weighted by Crippen LogP contribution is 2.22. The quantitative estimate of drug-likeness (QED) is 0.440. The summed E-state index contributed by atoms with van der Waals surface area (Å²) in [7, 11) is -4.31. The van der Waals surface area contributed by atoms with Crippen LogP contribution in [-0.2, 0) is 10.0 Å². The van der Waals surface area contributed by atoms with Crippen molar-refractivity contribution >= 4 is 21.7 Å². The van der Waals surface area contributed by atoms with E-state index in [1.807, 2.05) is 0 Å². The third kappa shape index (κ3) is 3.20. The second-order valence-electron chi connectivity index (χ2n) is 3.74. The number of rotatable bonds is 4. The molecule has 21 heavy (non-hydrogen) atoms. The van der Waals surface area contributed by atoms with E-state index in [1.54, 1.807) is 4.72 Å². The Bertz CT molecular complexity index is 767. The molecule has 0 spiro atoms. The van der Waals surface area contributed by atoms with Crippen LogP contribution in [0, 0.1) is 17.5 Å². The maximum Gasteiger partial charge on any atom is 0.265 e. The molecule has 0 aliphatic carbocycles. The molecule has 0 amide bonds. The lowest BCUT2D eigenvalue weighted by Crippen LogP contribution is -2.16. The van der Waals surface area contributed by atoms with Gasteiger partial charge in [0.1, 0.15) is 10.7 Å². The van der Waals surface area contributed by atoms with Gasteiger partial charge in [-0.05, 0) is 0 Å². The van der Waals surface area contributed by atoms with Crippen molar-refractivity contribution < 1.29 is 21.6 Å². The first-order valence-corrected chi connectivity index (χ1v) is 6.78. The molecule has 11 heteroatoms. The lowest BCUT2D eigenvalue weighted by molar-refractivity contribution is 0.498.